The van der Waals surface area contributed by atoms with Crippen molar-refractivity contribution in [3.8, 4) is 0 Å². The molecule has 4 aromatic rings. The summed E-state index contributed by atoms with van der Waals surface area (Å²) in [6, 6.07) is 15.2. The van der Waals surface area contributed by atoms with Crippen molar-refractivity contribution >= 4 is 21.8 Å². The fourth-order valence-electron chi connectivity index (χ4n) is 3.31. The van der Waals surface area contributed by atoms with E-state index in [2.05, 4.69) is 11.9 Å². The van der Waals surface area contributed by atoms with Crippen LogP contribution in [-0.2, 0) is 13.1 Å². The Hall–Kier alpha value is -3.21. The topological polar surface area (TPSA) is 56.9 Å². The smallest absolute Gasteiger partial charge is 0.260 e. The Kier molecular flexibility index (Phi) is 4.59. The third kappa shape index (κ3) is 3.28. The molecular formula is C22H21N3O2. The first kappa shape index (κ1) is 17.2. The second-order valence-electron chi connectivity index (χ2n) is 6.76. The Morgan fingerprint density at radius 3 is 2.15 bits per heavy atom. The van der Waals surface area contributed by atoms with E-state index in [9.17, 15) is 9.59 Å². The summed E-state index contributed by atoms with van der Waals surface area (Å²) in [5.41, 5.74) is 2.07. The highest BCUT2D eigenvalue weighted by Gasteiger charge is 2.10. The van der Waals surface area contributed by atoms with Crippen molar-refractivity contribution in [2.24, 2.45) is 0 Å². The largest absolute Gasteiger partial charge is 0.315 e. The summed E-state index contributed by atoms with van der Waals surface area (Å²) in [5, 5.41) is 0.974. The van der Waals surface area contributed by atoms with Gasteiger partial charge in [0.25, 0.3) is 11.1 Å². The molecule has 4 rings (SSSR count). The fraction of sp³-hybridized carbons (Fsp3) is 0.227. The van der Waals surface area contributed by atoms with Gasteiger partial charge in [-0.05, 0) is 30.2 Å². The molecule has 0 radical (unpaired) electrons. The third-order valence-corrected chi connectivity index (χ3v) is 4.84. The van der Waals surface area contributed by atoms with Crippen molar-refractivity contribution in [1.82, 2.24) is 14.1 Å². The van der Waals surface area contributed by atoms with Crippen LogP contribution in [0.3, 0.4) is 0 Å². The summed E-state index contributed by atoms with van der Waals surface area (Å²) in [6.07, 6.45) is 5.51. The average Bonchev–Trinajstić information content (AvgIpc) is 2.70. The molecule has 0 fully saturated rings. The summed E-state index contributed by atoms with van der Waals surface area (Å²) < 4.78 is 3.36. The number of unbranched alkanes of at least 4 members (excludes halogenated alkanes) is 1. The van der Waals surface area contributed by atoms with Gasteiger partial charge in [-0.3, -0.25) is 9.59 Å². The number of aryl methyl sites for hydroxylation is 1. The maximum atomic E-state index is 13.0. The van der Waals surface area contributed by atoms with E-state index in [1.165, 1.54) is 0 Å². The van der Waals surface area contributed by atoms with Crippen LogP contribution in [0, 0.1) is 0 Å². The minimum Gasteiger partial charge on any atom is -0.315 e. The van der Waals surface area contributed by atoms with Gasteiger partial charge in [0.2, 0.25) is 0 Å². The lowest BCUT2D eigenvalue weighted by Gasteiger charge is -2.09. The highest BCUT2D eigenvalue weighted by Crippen LogP contribution is 2.15. The number of fused-ring (bicyclic) bond motifs is 2. The van der Waals surface area contributed by atoms with Crippen LogP contribution >= 0.6 is 0 Å². The predicted molar refractivity (Wildman–Crippen MR) is 108 cm³/mol. The summed E-state index contributed by atoms with van der Waals surface area (Å²) in [5.74, 6) is 0. The molecule has 0 aliphatic rings. The minimum atomic E-state index is -0.130. The molecule has 3 heterocycles. The summed E-state index contributed by atoms with van der Waals surface area (Å²) in [7, 11) is 0. The van der Waals surface area contributed by atoms with Crippen molar-refractivity contribution in [3.63, 3.8) is 0 Å². The highest BCUT2D eigenvalue weighted by atomic mass is 16.1. The van der Waals surface area contributed by atoms with E-state index in [1.807, 2.05) is 42.5 Å². The standard InChI is InChI=1S/C22H21N3O2/c1-2-3-11-24-12-9-19-17(21(24)26)14-18-20(23-19)10-13-25(22(18)27)15-16-7-5-4-6-8-16/h4-10,12-14H,2-3,11,15H2,1H3. The quantitative estimate of drug-likeness (QED) is 0.512. The van der Waals surface area contributed by atoms with E-state index in [0.717, 1.165) is 18.4 Å². The lowest BCUT2D eigenvalue weighted by molar-refractivity contribution is 0.617. The maximum Gasteiger partial charge on any atom is 0.260 e. The van der Waals surface area contributed by atoms with Crippen LogP contribution in [0.5, 0.6) is 0 Å². The highest BCUT2D eigenvalue weighted by molar-refractivity contribution is 5.91. The summed E-state index contributed by atoms with van der Waals surface area (Å²) in [4.78, 5) is 30.3. The van der Waals surface area contributed by atoms with Crippen LogP contribution in [0.15, 0.2) is 70.5 Å². The Morgan fingerprint density at radius 1 is 0.852 bits per heavy atom. The van der Waals surface area contributed by atoms with Crippen molar-refractivity contribution in [2.45, 2.75) is 32.9 Å². The van der Waals surface area contributed by atoms with Gasteiger partial charge < -0.3 is 9.13 Å². The molecule has 27 heavy (non-hydrogen) atoms. The molecule has 0 atom stereocenters. The molecule has 0 saturated heterocycles. The Balaban J connectivity index is 1.85. The molecule has 5 nitrogen and oxygen atoms in total. The van der Waals surface area contributed by atoms with Gasteiger partial charge in [-0.2, -0.15) is 0 Å². The van der Waals surface area contributed by atoms with Crippen molar-refractivity contribution in [1.29, 1.82) is 0 Å². The van der Waals surface area contributed by atoms with Crippen LogP contribution in [0.25, 0.3) is 21.8 Å². The van der Waals surface area contributed by atoms with Crippen LogP contribution in [0.4, 0.5) is 0 Å². The van der Waals surface area contributed by atoms with Gasteiger partial charge >= 0.3 is 0 Å². The van der Waals surface area contributed by atoms with E-state index in [4.69, 9.17) is 0 Å². The SMILES string of the molecule is CCCCn1ccc2nc3ccn(Cc4ccccc4)c(=O)c3cc2c1=O. The number of nitrogens with zero attached hydrogens (tertiary/aromatic N) is 3. The number of rotatable bonds is 5. The normalized spacial score (nSPS) is 11.3. The van der Waals surface area contributed by atoms with Gasteiger partial charge in [0.1, 0.15) is 0 Å². The molecule has 136 valence electrons. The van der Waals surface area contributed by atoms with Crippen LogP contribution < -0.4 is 11.1 Å². The van der Waals surface area contributed by atoms with E-state index >= 15 is 0 Å². The second-order valence-corrected chi connectivity index (χ2v) is 6.76. The summed E-state index contributed by atoms with van der Waals surface area (Å²) in [6.45, 7) is 3.26. The zero-order valence-electron chi connectivity index (χ0n) is 15.3. The Bertz CT molecular complexity index is 1220. The number of hydrogen-bond donors (Lipinski definition) is 0. The first-order chi connectivity index (χ1) is 13.2. The molecule has 0 unspecified atom stereocenters. The second kappa shape index (κ2) is 7.19. The first-order valence-corrected chi connectivity index (χ1v) is 9.24. The van der Waals surface area contributed by atoms with Crippen LogP contribution in [-0.4, -0.2) is 14.1 Å². The van der Waals surface area contributed by atoms with Gasteiger partial charge in [0.05, 0.1) is 28.4 Å². The number of aromatic nitrogens is 3. The molecule has 5 heteroatoms. The van der Waals surface area contributed by atoms with Crippen molar-refractivity contribution in [3.05, 3.63) is 87.2 Å². The Labute approximate surface area is 156 Å². The van der Waals surface area contributed by atoms with E-state index < -0.39 is 0 Å². The van der Waals surface area contributed by atoms with Crippen molar-refractivity contribution < 1.29 is 0 Å². The number of benzene rings is 1. The van der Waals surface area contributed by atoms with Gasteiger partial charge in [-0.1, -0.05) is 43.7 Å². The molecule has 3 aromatic heterocycles. The van der Waals surface area contributed by atoms with E-state index in [-0.39, 0.29) is 11.1 Å². The molecule has 1 aromatic carbocycles. The monoisotopic (exact) mass is 359 g/mol. The number of pyridine rings is 3. The molecule has 0 N–H and O–H groups in total. The molecule has 0 saturated carbocycles. The predicted octanol–water partition coefficient (Wildman–Crippen LogP) is 3.56. The van der Waals surface area contributed by atoms with Gasteiger partial charge in [-0.25, -0.2) is 4.98 Å². The molecule has 0 bridgehead atoms. The lowest BCUT2D eigenvalue weighted by Crippen LogP contribution is -2.22. The van der Waals surface area contributed by atoms with Gasteiger partial charge in [0, 0.05) is 18.9 Å². The lowest BCUT2D eigenvalue weighted by atomic mass is 10.1. The van der Waals surface area contributed by atoms with Crippen LogP contribution in [0.2, 0.25) is 0 Å². The summed E-state index contributed by atoms with van der Waals surface area (Å²) >= 11 is 0. The van der Waals surface area contributed by atoms with E-state index in [0.29, 0.717) is 34.9 Å². The zero-order chi connectivity index (χ0) is 18.8. The van der Waals surface area contributed by atoms with Gasteiger partial charge in [0.15, 0.2) is 0 Å². The third-order valence-electron chi connectivity index (χ3n) is 4.84. The van der Waals surface area contributed by atoms with Gasteiger partial charge in [-0.15, -0.1) is 0 Å². The fourth-order valence-corrected chi connectivity index (χ4v) is 3.31. The van der Waals surface area contributed by atoms with E-state index in [1.54, 1.807) is 27.6 Å². The average molecular weight is 359 g/mol. The van der Waals surface area contributed by atoms with Crippen LogP contribution in [0.1, 0.15) is 25.3 Å². The maximum absolute atomic E-state index is 13.0. The molecule has 0 aliphatic heterocycles. The Morgan fingerprint density at radius 2 is 1.48 bits per heavy atom. The zero-order valence-corrected chi connectivity index (χ0v) is 15.3. The first-order valence-electron chi connectivity index (χ1n) is 9.24. The minimum absolute atomic E-state index is 0.0896. The van der Waals surface area contributed by atoms with Crippen molar-refractivity contribution in [2.75, 3.05) is 0 Å². The molecule has 0 amide bonds. The molecular weight excluding hydrogens is 338 g/mol. The molecule has 0 aliphatic carbocycles. The molecule has 0 spiro atoms. The number of hydrogen-bond acceptors (Lipinski definition) is 3.